The first-order valence-corrected chi connectivity index (χ1v) is 7.38. The van der Waals surface area contributed by atoms with Crippen molar-refractivity contribution in [2.45, 2.75) is 38.6 Å². The molecule has 1 amide bonds. The SMILES string of the molecule is CCOC(=O)c1ccc(OCC(=O)NC2CCCC2)cc1. The first-order chi connectivity index (χ1) is 10.2. The molecule has 1 fully saturated rings. The van der Waals surface area contributed by atoms with Crippen molar-refractivity contribution in [3.05, 3.63) is 29.8 Å². The molecule has 0 aromatic heterocycles. The van der Waals surface area contributed by atoms with Gasteiger partial charge in [-0.05, 0) is 44.0 Å². The van der Waals surface area contributed by atoms with Gasteiger partial charge in [-0.2, -0.15) is 0 Å². The fraction of sp³-hybridized carbons (Fsp3) is 0.500. The van der Waals surface area contributed by atoms with E-state index in [-0.39, 0.29) is 18.5 Å². The van der Waals surface area contributed by atoms with E-state index in [4.69, 9.17) is 9.47 Å². The number of ether oxygens (including phenoxy) is 2. The standard InChI is InChI=1S/C16H21NO4/c1-2-20-16(19)12-7-9-14(10-8-12)21-11-15(18)17-13-5-3-4-6-13/h7-10,13H,2-6,11H2,1H3,(H,17,18). The van der Waals surface area contributed by atoms with Gasteiger partial charge in [0.15, 0.2) is 6.61 Å². The summed E-state index contributed by atoms with van der Waals surface area (Å²) in [4.78, 5) is 23.2. The molecule has 0 spiro atoms. The van der Waals surface area contributed by atoms with Crippen LogP contribution in [0.25, 0.3) is 0 Å². The zero-order valence-corrected chi connectivity index (χ0v) is 12.3. The van der Waals surface area contributed by atoms with Crippen LogP contribution < -0.4 is 10.1 Å². The van der Waals surface area contributed by atoms with Crippen molar-refractivity contribution < 1.29 is 19.1 Å². The summed E-state index contributed by atoms with van der Waals surface area (Å²) in [6.45, 7) is 2.10. The molecular weight excluding hydrogens is 270 g/mol. The first-order valence-electron chi connectivity index (χ1n) is 7.38. The van der Waals surface area contributed by atoms with Crippen LogP contribution in [0.1, 0.15) is 43.0 Å². The number of esters is 1. The number of benzene rings is 1. The van der Waals surface area contributed by atoms with Crippen molar-refractivity contribution in [3.63, 3.8) is 0 Å². The van der Waals surface area contributed by atoms with E-state index in [1.807, 2.05) is 0 Å². The molecule has 0 saturated heterocycles. The van der Waals surface area contributed by atoms with Gasteiger partial charge in [0.2, 0.25) is 0 Å². The second-order valence-corrected chi connectivity index (χ2v) is 5.08. The van der Waals surface area contributed by atoms with Gasteiger partial charge in [-0.15, -0.1) is 0 Å². The van der Waals surface area contributed by atoms with Crippen molar-refractivity contribution in [1.29, 1.82) is 0 Å². The molecule has 5 nitrogen and oxygen atoms in total. The lowest BCUT2D eigenvalue weighted by Crippen LogP contribution is -2.36. The van der Waals surface area contributed by atoms with E-state index in [9.17, 15) is 9.59 Å². The zero-order chi connectivity index (χ0) is 15.1. The third kappa shape index (κ3) is 4.77. The summed E-state index contributed by atoms with van der Waals surface area (Å²) in [5.41, 5.74) is 0.472. The predicted molar refractivity (Wildman–Crippen MR) is 78.3 cm³/mol. The molecule has 5 heteroatoms. The molecule has 0 atom stereocenters. The molecule has 1 saturated carbocycles. The van der Waals surface area contributed by atoms with E-state index < -0.39 is 0 Å². The molecule has 0 radical (unpaired) electrons. The highest BCUT2D eigenvalue weighted by molar-refractivity contribution is 5.89. The minimum atomic E-state index is -0.358. The van der Waals surface area contributed by atoms with Gasteiger partial charge in [0, 0.05) is 6.04 Å². The van der Waals surface area contributed by atoms with Crippen LogP contribution in [0.4, 0.5) is 0 Å². The smallest absolute Gasteiger partial charge is 0.338 e. The predicted octanol–water partition coefficient (Wildman–Crippen LogP) is 2.30. The van der Waals surface area contributed by atoms with Gasteiger partial charge < -0.3 is 14.8 Å². The number of carbonyl (C=O) groups is 2. The van der Waals surface area contributed by atoms with Crippen LogP contribution in [0.2, 0.25) is 0 Å². The molecular formula is C16H21NO4. The lowest BCUT2D eigenvalue weighted by atomic mass is 10.2. The van der Waals surface area contributed by atoms with E-state index in [0.717, 1.165) is 12.8 Å². The Morgan fingerprint density at radius 3 is 2.48 bits per heavy atom. The maximum atomic E-state index is 11.7. The molecule has 1 aromatic carbocycles. The second-order valence-electron chi connectivity index (χ2n) is 5.08. The molecule has 1 aromatic rings. The molecule has 0 bridgehead atoms. The number of amides is 1. The second kappa shape index (κ2) is 7.67. The molecule has 0 unspecified atom stereocenters. The Morgan fingerprint density at radius 2 is 1.86 bits per heavy atom. The summed E-state index contributed by atoms with van der Waals surface area (Å²) in [5.74, 6) is 0.101. The number of hydrogen-bond donors (Lipinski definition) is 1. The van der Waals surface area contributed by atoms with E-state index in [1.165, 1.54) is 12.8 Å². The summed E-state index contributed by atoms with van der Waals surface area (Å²) >= 11 is 0. The van der Waals surface area contributed by atoms with Crippen LogP contribution >= 0.6 is 0 Å². The summed E-state index contributed by atoms with van der Waals surface area (Å²) in [6, 6.07) is 6.88. The lowest BCUT2D eigenvalue weighted by Gasteiger charge is -2.12. The Labute approximate surface area is 124 Å². The van der Waals surface area contributed by atoms with Gasteiger partial charge in [-0.1, -0.05) is 12.8 Å². The van der Waals surface area contributed by atoms with Gasteiger partial charge in [-0.3, -0.25) is 4.79 Å². The van der Waals surface area contributed by atoms with Gasteiger partial charge in [0.25, 0.3) is 5.91 Å². The largest absolute Gasteiger partial charge is 0.484 e. The highest BCUT2D eigenvalue weighted by atomic mass is 16.5. The fourth-order valence-electron chi connectivity index (χ4n) is 2.39. The van der Waals surface area contributed by atoms with Crippen LogP contribution in [0.3, 0.4) is 0 Å². The molecule has 21 heavy (non-hydrogen) atoms. The van der Waals surface area contributed by atoms with Crippen LogP contribution in [-0.4, -0.2) is 31.1 Å². The lowest BCUT2D eigenvalue weighted by molar-refractivity contribution is -0.123. The molecule has 0 aliphatic heterocycles. The summed E-state index contributed by atoms with van der Waals surface area (Å²) in [5, 5.41) is 2.96. The van der Waals surface area contributed by atoms with Gasteiger partial charge in [0.1, 0.15) is 5.75 Å². The van der Waals surface area contributed by atoms with Gasteiger partial charge in [0.05, 0.1) is 12.2 Å². The molecule has 2 rings (SSSR count). The molecule has 0 heterocycles. The van der Waals surface area contributed by atoms with Crippen molar-refractivity contribution in [2.24, 2.45) is 0 Å². The third-order valence-corrected chi connectivity index (χ3v) is 3.46. The summed E-state index contributed by atoms with van der Waals surface area (Å²) < 4.78 is 10.3. The monoisotopic (exact) mass is 291 g/mol. The highest BCUT2D eigenvalue weighted by Gasteiger charge is 2.17. The van der Waals surface area contributed by atoms with E-state index in [1.54, 1.807) is 31.2 Å². The third-order valence-electron chi connectivity index (χ3n) is 3.46. The molecule has 1 N–H and O–H groups in total. The normalized spacial score (nSPS) is 14.7. The quantitative estimate of drug-likeness (QED) is 0.817. The van der Waals surface area contributed by atoms with Crippen molar-refractivity contribution in [1.82, 2.24) is 5.32 Å². The zero-order valence-electron chi connectivity index (χ0n) is 12.3. The number of nitrogens with one attached hydrogen (secondary N) is 1. The average molecular weight is 291 g/mol. The minimum Gasteiger partial charge on any atom is -0.484 e. The van der Waals surface area contributed by atoms with E-state index in [2.05, 4.69) is 5.32 Å². The van der Waals surface area contributed by atoms with E-state index in [0.29, 0.717) is 24.0 Å². The van der Waals surface area contributed by atoms with Gasteiger partial charge in [-0.25, -0.2) is 4.79 Å². The van der Waals surface area contributed by atoms with Crippen LogP contribution in [0.5, 0.6) is 5.75 Å². The van der Waals surface area contributed by atoms with Crippen LogP contribution in [0, 0.1) is 0 Å². The Hall–Kier alpha value is -2.04. The van der Waals surface area contributed by atoms with Crippen LogP contribution in [0.15, 0.2) is 24.3 Å². The Balaban J connectivity index is 1.77. The van der Waals surface area contributed by atoms with Crippen molar-refractivity contribution >= 4 is 11.9 Å². The topological polar surface area (TPSA) is 64.6 Å². The molecule has 1 aliphatic rings. The van der Waals surface area contributed by atoms with Gasteiger partial charge >= 0.3 is 5.97 Å². The average Bonchev–Trinajstić information content (AvgIpc) is 2.99. The highest BCUT2D eigenvalue weighted by Crippen LogP contribution is 2.17. The van der Waals surface area contributed by atoms with E-state index >= 15 is 0 Å². The first kappa shape index (κ1) is 15.4. The number of hydrogen-bond acceptors (Lipinski definition) is 4. The van der Waals surface area contributed by atoms with Crippen molar-refractivity contribution in [3.8, 4) is 5.75 Å². The minimum absolute atomic E-state index is 0.00471. The fourth-order valence-corrected chi connectivity index (χ4v) is 2.39. The number of carbonyl (C=O) groups excluding carboxylic acids is 2. The Kier molecular flexibility index (Phi) is 5.60. The molecule has 1 aliphatic carbocycles. The maximum Gasteiger partial charge on any atom is 0.338 e. The maximum absolute atomic E-state index is 11.7. The summed E-state index contributed by atoms with van der Waals surface area (Å²) in [6.07, 6.45) is 4.47. The van der Waals surface area contributed by atoms with Crippen molar-refractivity contribution in [2.75, 3.05) is 13.2 Å². The Morgan fingerprint density at radius 1 is 1.19 bits per heavy atom. The molecule has 114 valence electrons. The summed E-state index contributed by atoms with van der Waals surface area (Å²) in [7, 11) is 0. The van der Waals surface area contributed by atoms with Crippen LogP contribution in [-0.2, 0) is 9.53 Å². The Bertz CT molecular complexity index is 478. The number of rotatable bonds is 6.